The maximum atomic E-state index is 12.7. The van der Waals surface area contributed by atoms with Crippen molar-refractivity contribution in [2.75, 3.05) is 18.4 Å². The van der Waals surface area contributed by atoms with Crippen molar-refractivity contribution in [2.24, 2.45) is 0 Å². The van der Waals surface area contributed by atoms with Crippen molar-refractivity contribution in [3.63, 3.8) is 0 Å². The normalized spacial score (nSPS) is 17.2. The smallest absolute Gasteiger partial charge is 0.241 e. The van der Waals surface area contributed by atoms with Gasteiger partial charge in [0.2, 0.25) is 21.8 Å². The first kappa shape index (κ1) is 22.4. The number of carbonyl (C=O) groups is 1. The molecule has 0 bridgehead atoms. The number of amides is 1. The lowest BCUT2D eigenvalue weighted by Gasteiger charge is -2.34. The third-order valence-electron chi connectivity index (χ3n) is 5.17. The minimum atomic E-state index is -3.55. The number of likely N-dealkylation sites (tertiary alicyclic amines) is 1. The average molecular weight is 436 g/mol. The summed E-state index contributed by atoms with van der Waals surface area (Å²) in [4.78, 5) is 19.3. The molecule has 1 amide bonds. The van der Waals surface area contributed by atoms with E-state index in [0.29, 0.717) is 17.4 Å². The molecule has 164 valence electrons. The predicted octanol–water partition coefficient (Wildman–Crippen LogP) is 2.27. The molecular formula is C20H29N5O4S. The van der Waals surface area contributed by atoms with Gasteiger partial charge < -0.3 is 9.84 Å². The van der Waals surface area contributed by atoms with E-state index in [2.05, 4.69) is 25.1 Å². The van der Waals surface area contributed by atoms with Gasteiger partial charge in [-0.25, -0.2) is 13.1 Å². The number of anilines is 1. The van der Waals surface area contributed by atoms with Gasteiger partial charge in [-0.15, -0.1) is 0 Å². The van der Waals surface area contributed by atoms with E-state index >= 15 is 0 Å². The Labute approximate surface area is 177 Å². The number of nitrogens with zero attached hydrogens (tertiary/aromatic N) is 3. The Kier molecular flexibility index (Phi) is 6.89. The van der Waals surface area contributed by atoms with Crippen LogP contribution in [-0.4, -0.2) is 54.5 Å². The van der Waals surface area contributed by atoms with Gasteiger partial charge in [0.05, 0.1) is 10.9 Å². The van der Waals surface area contributed by atoms with Crippen molar-refractivity contribution < 1.29 is 17.7 Å². The van der Waals surface area contributed by atoms with Crippen molar-refractivity contribution in [1.82, 2.24) is 19.8 Å². The third kappa shape index (κ3) is 5.44. The molecular weight excluding hydrogens is 406 g/mol. The highest BCUT2D eigenvalue weighted by Gasteiger charge is 2.29. The molecule has 1 atom stereocenters. The Bertz CT molecular complexity index is 963. The first-order chi connectivity index (χ1) is 14.2. The van der Waals surface area contributed by atoms with Crippen LogP contribution in [0.4, 0.5) is 5.69 Å². The van der Waals surface area contributed by atoms with Gasteiger partial charge in [0, 0.05) is 17.6 Å². The van der Waals surface area contributed by atoms with E-state index in [1.165, 1.54) is 12.1 Å². The molecule has 2 heterocycles. The second kappa shape index (κ2) is 9.23. The van der Waals surface area contributed by atoms with Gasteiger partial charge in [0.1, 0.15) is 0 Å². The summed E-state index contributed by atoms with van der Waals surface area (Å²) in [5.41, 5.74) is 0.562. The molecule has 0 aliphatic carbocycles. The van der Waals surface area contributed by atoms with Gasteiger partial charge in [-0.3, -0.25) is 9.69 Å². The van der Waals surface area contributed by atoms with Gasteiger partial charge in [-0.1, -0.05) is 5.16 Å². The maximum absolute atomic E-state index is 12.7. The average Bonchev–Trinajstić information content (AvgIpc) is 3.13. The second-order valence-electron chi connectivity index (χ2n) is 7.96. The number of nitrogens with one attached hydrogen (secondary N) is 2. The summed E-state index contributed by atoms with van der Waals surface area (Å²) in [5.74, 6) is 1.41. The van der Waals surface area contributed by atoms with Crippen LogP contribution < -0.4 is 10.0 Å². The lowest BCUT2D eigenvalue weighted by Crippen LogP contribution is -2.45. The number of aromatic nitrogens is 2. The van der Waals surface area contributed by atoms with Gasteiger partial charge >= 0.3 is 0 Å². The standard InChI is InChI=1S/C20H29N5O4S/c1-13(2)24-30(27,28)18-7-5-17(6-8-18)22-19(26)14(3)25-11-9-16(10-12-25)20-21-15(4)23-29-20/h5-8,13-14,16,24H,9-12H2,1-4H3,(H,22,26). The maximum Gasteiger partial charge on any atom is 0.241 e. The summed E-state index contributed by atoms with van der Waals surface area (Å²) in [6, 6.07) is 5.68. The number of sulfonamides is 1. The molecule has 9 nitrogen and oxygen atoms in total. The van der Waals surface area contributed by atoms with Crippen LogP contribution in [0.3, 0.4) is 0 Å². The van der Waals surface area contributed by atoms with Gasteiger partial charge in [0.15, 0.2) is 5.82 Å². The Morgan fingerprint density at radius 2 is 1.80 bits per heavy atom. The van der Waals surface area contributed by atoms with Gasteiger partial charge in [-0.2, -0.15) is 4.98 Å². The largest absolute Gasteiger partial charge is 0.339 e. The fourth-order valence-corrected chi connectivity index (χ4v) is 4.77. The van der Waals surface area contributed by atoms with Crippen LogP contribution in [0.15, 0.2) is 33.7 Å². The number of piperidine rings is 1. The summed E-state index contributed by atoms with van der Waals surface area (Å²) in [7, 11) is -3.55. The monoisotopic (exact) mass is 435 g/mol. The first-order valence-electron chi connectivity index (χ1n) is 10.1. The van der Waals surface area contributed by atoms with E-state index < -0.39 is 10.0 Å². The van der Waals surface area contributed by atoms with E-state index in [0.717, 1.165) is 25.9 Å². The number of hydrogen-bond donors (Lipinski definition) is 2. The molecule has 30 heavy (non-hydrogen) atoms. The fraction of sp³-hybridized carbons (Fsp3) is 0.550. The third-order valence-corrected chi connectivity index (χ3v) is 6.85. The van der Waals surface area contributed by atoms with Crippen LogP contribution >= 0.6 is 0 Å². The van der Waals surface area contributed by atoms with Crippen molar-refractivity contribution in [3.8, 4) is 0 Å². The topological polar surface area (TPSA) is 117 Å². The molecule has 1 aliphatic heterocycles. The minimum Gasteiger partial charge on any atom is -0.339 e. The molecule has 1 aromatic carbocycles. The Morgan fingerprint density at radius 3 is 2.33 bits per heavy atom. The number of rotatable bonds is 7. The molecule has 2 aromatic rings. The fourth-order valence-electron chi connectivity index (χ4n) is 3.52. The van der Waals surface area contributed by atoms with E-state index in [4.69, 9.17) is 4.52 Å². The highest BCUT2D eigenvalue weighted by molar-refractivity contribution is 7.89. The second-order valence-corrected chi connectivity index (χ2v) is 9.67. The van der Waals surface area contributed by atoms with Crippen LogP contribution in [0.2, 0.25) is 0 Å². The van der Waals surface area contributed by atoms with Crippen LogP contribution in [0.5, 0.6) is 0 Å². The lowest BCUT2D eigenvalue weighted by atomic mass is 9.95. The molecule has 1 saturated heterocycles. The molecule has 1 unspecified atom stereocenters. The Hall–Kier alpha value is -2.30. The zero-order valence-electron chi connectivity index (χ0n) is 17.8. The SMILES string of the molecule is Cc1noc(C2CCN(C(C)C(=O)Nc3ccc(S(=O)(=O)NC(C)C)cc3)CC2)n1. The molecule has 0 spiro atoms. The van der Waals surface area contributed by atoms with Crippen molar-refractivity contribution in [3.05, 3.63) is 36.0 Å². The van der Waals surface area contributed by atoms with E-state index in [9.17, 15) is 13.2 Å². The zero-order valence-corrected chi connectivity index (χ0v) is 18.6. The molecule has 2 N–H and O–H groups in total. The molecule has 1 fully saturated rings. The summed E-state index contributed by atoms with van der Waals surface area (Å²) < 4.78 is 32.2. The van der Waals surface area contributed by atoms with E-state index in [-0.39, 0.29) is 28.8 Å². The molecule has 0 radical (unpaired) electrons. The van der Waals surface area contributed by atoms with Crippen molar-refractivity contribution in [1.29, 1.82) is 0 Å². The molecule has 3 rings (SSSR count). The quantitative estimate of drug-likeness (QED) is 0.685. The highest BCUT2D eigenvalue weighted by Crippen LogP contribution is 2.27. The summed E-state index contributed by atoms with van der Waals surface area (Å²) in [6.45, 7) is 8.73. The first-order valence-corrected chi connectivity index (χ1v) is 11.6. The molecule has 1 aromatic heterocycles. The highest BCUT2D eigenvalue weighted by atomic mass is 32.2. The zero-order chi connectivity index (χ0) is 21.9. The van der Waals surface area contributed by atoms with E-state index in [1.54, 1.807) is 32.9 Å². The van der Waals surface area contributed by atoms with Gasteiger partial charge in [-0.05, 0) is 77.9 Å². The molecule has 10 heteroatoms. The summed E-state index contributed by atoms with van der Waals surface area (Å²) in [5, 5.41) is 6.72. The number of benzene rings is 1. The predicted molar refractivity (Wildman–Crippen MR) is 113 cm³/mol. The lowest BCUT2D eigenvalue weighted by molar-refractivity contribution is -0.121. The van der Waals surface area contributed by atoms with Crippen LogP contribution in [0.1, 0.15) is 51.2 Å². The Morgan fingerprint density at radius 1 is 1.17 bits per heavy atom. The Balaban J connectivity index is 1.54. The van der Waals surface area contributed by atoms with E-state index in [1.807, 2.05) is 6.92 Å². The van der Waals surface area contributed by atoms with Crippen LogP contribution in [-0.2, 0) is 14.8 Å². The minimum absolute atomic E-state index is 0.127. The summed E-state index contributed by atoms with van der Waals surface area (Å²) >= 11 is 0. The van der Waals surface area contributed by atoms with Crippen molar-refractivity contribution in [2.45, 2.75) is 63.4 Å². The van der Waals surface area contributed by atoms with Crippen molar-refractivity contribution >= 4 is 21.6 Å². The number of hydrogen-bond acceptors (Lipinski definition) is 7. The molecule has 1 aliphatic rings. The summed E-state index contributed by atoms with van der Waals surface area (Å²) in [6.07, 6.45) is 1.71. The molecule has 0 saturated carbocycles. The number of carbonyl (C=O) groups excluding carboxylic acids is 1. The van der Waals surface area contributed by atoms with Gasteiger partial charge in [0.25, 0.3) is 0 Å². The van der Waals surface area contributed by atoms with Crippen LogP contribution in [0.25, 0.3) is 0 Å². The van der Waals surface area contributed by atoms with Crippen LogP contribution in [0, 0.1) is 6.92 Å². The number of aryl methyl sites for hydroxylation is 1.